The van der Waals surface area contributed by atoms with Crippen LogP contribution >= 0.6 is 11.6 Å². The van der Waals surface area contributed by atoms with Crippen molar-refractivity contribution >= 4 is 23.4 Å². The molecule has 0 saturated heterocycles. The highest BCUT2D eigenvalue weighted by Gasteiger charge is 2.27. The highest BCUT2D eigenvalue weighted by Crippen LogP contribution is 2.11. The van der Waals surface area contributed by atoms with E-state index >= 15 is 0 Å². The van der Waals surface area contributed by atoms with E-state index in [1.165, 1.54) is 7.05 Å². The van der Waals surface area contributed by atoms with E-state index < -0.39 is 31.1 Å². The third kappa shape index (κ3) is 7.33. The van der Waals surface area contributed by atoms with Crippen molar-refractivity contribution in [2.24, 2.45) is 0 Å². The summed E-state index contributed by atoms with van der Waals surface area (Å²) >= 11 is 5.30. The van der Waals surface area contributed by atoms with Gasteiger partial charge >= 0.3 is 6.18 Å². The Hall–Kier alpha value is -0.980. The van der Waals surface area contributed by atoms with E-state index in [-0.39, 0.29) is 12.3 Å². The molecule has 0 aliphatic rings. The summed E-state index contributed by atoms with van der Waals surface area (Å²) in [5.74, 6) is -1.15. The molecule has 0 aliphatic heterocycles. The third-order valence-corrected chi connectivity index (χ3v) is 1.79. The van der Waals surface area contributed by atoms with Gasteiger partial charge in [-0.05, 0) is 0 Å². The van der Waals surface area contributed by atoms with Gasteiger partial charge in [0, 0.05) is 19.3 Å². The summed E-state index contributed by atoms with van der Waals surface area (Å²) in [6, 6.07) is 0. The van der Waals surface area contributed by atoms with Crippen molar-refractivity contribution < 1.29 is 22.8 Å². The van der Waals surface area contributed by atoms with E-state index in [1.54, 1.807) is 5.32 Å². The lowest BCUT2D eigenvalue weighted by Gasteiger charge is -2.16. The number of nitrogens with zero attached hydrogens (tertiary/aromatic N) is 1. The zero-order valence-corrected chi connectivity index (χ0v) is 9.36. The number of rotatable bonds is 5. The lowest BCUT2D eigenvalue weighted by Crippen LogP contribution is -2.41. The SMILES string of the molecule is CN(CC(=O)NCC(F)(F)F)C(=O)CCCl. The maximum Gasteiger partial charge on any atom is 0.405 e. The molecule has 0 rings (SSSR count). The topological polar surface area (TPSA) is 49.4 Å². The minimum atomic E-state index is -4.45. The number of hydrogen-bond acceptors (Lipinski definition) is 2. The minimum Gasteiger partial charge on any atom is -0.345 e. The Labute approximate surface area is 95.7 Å². The third-order valence-electron chi connectivity index (χ3n) is 1.60. The molecule has 0 fully saturated rings. The first-order chi connectivity index (χ1) is 7.26. The van der Waals surface area contributed by atoms with Gasteiger partial charge in [0.25, 0.3) is 0 Å². The monoisotopic (exact) mass is 260 g/mol. The summed E-state index contributed by atoms with van der Waals surface area (Å²) in [4.78, 5) is 23.1. The Balaban J connectivity index is 3.92. The number of carbonyl (C=O) groups excluding carboxylic acids is 2. The highest BCUT2D eigenvalue weighted by molar-refractivity contribution is 6.18. The second kappa shape index (κ2) is 6.57. The zero-order chi connectivity index (χ0) is 12.8. The Morgan fingerprint density at radius 2 is 1.94 bits per heavy atom. The van der Waals surface area contributed by atoms with E-state index in [1.807, 2.05) is 0 Å². The minimum absolute atomic E-state index is 0.0462. The fourth-order valence-corrected chi connectivity index (χ4v) is 0.992. The first-order valence-electron chi connectivity index (χ1n) is 4.39. The summed E-state index contributed by atoms with van der Waals surface area (Å²) in [6.45, 7) is -1.81. The van der Waals surface area contributed by atoms with Crippen LogP contribution in [-0.4, -0.2) is 48.9 Å². The van der Waals surface area contributed by atoms with Gasteiger partial charge in [-0.2, -0.15) is 13.2 Å². The van der Waals surface area contributed by atoms with Gasteiger partial charge in [-0.15, -0.1) is 11.6 Å². The van der Waals surface area contributed by atoms with Crippen LogP contribution in [0.5, 0.6) is 0 Å². The van der Waals surface area contributed by atoms with Gasteiger partial charge < -0.3 is 10.2 Å². The lowest BCUT2D eigenvalue weighted by molar-refractivity contribution is -0.141. The molecule has 0 bridgehead atoms. The Morgan fingerprint density at radius 1 is 1.38 bits per heavy atom. The fraction of sp³-hybridized carbons (Fsp3) is 0.750. The van der Waals surface area contributed by atoms with E-state index in [2.05, 4.69) is 0 Å². The molecule has 0 heterocycles. The van der Waals surface area contributed by atoms with Crippen molar-refractivity contribution in [3.63, 3.8) is 0 Å². The van der Waals surface area contributed by atoms with Gasteiger partial charge in [0.05, 0.1) is 6.54 Å². The van der Waals surface area contributed by atoms with E-state index in [4.69, 9.17) is 11.6 Å². The molecule has 0 aromatic heterocycles. The average Bonchev–Trinajstić information content (AvgIpc) is 2.14. The van der Waals surface area contributed by atoms with Crippen molar-refractivity contribution in [2.75, 3.05) is 26.0 Å². The molecular formula is C8H12ClF3N2O2. The van der Waals surface area contributed by atoms with Crippen LogP contribution < -0.4 is 5.32 Å². The number of alkyl halides is 4. The normalized spacial score (nSPS) is 11.1. The predicted octanol–water partition coefficient (Wildman–Crippen LogP) is 0.752. The number of nitrogens with one attached hydrogen (secondary N) is 1. The first kappa shape index (κ1) is 15.0. The molecule has 2 amide bonds. The van der Waals surface area contributed by atoms with Gasteiger partial charge in [-0.25, -0.2) is 0 Å². The van der Waals surface area contributed by atoms with Gasteiger partial charge in [0.2, 0.25) is 11.8 Å². The van der Waals surface area contributed by atoms with E-state index in [0.717, 1.165) is 4.90 Å². The molecule has 8 heteroatoms. The second-order valence-corrected chi connectivity index (χ2v) is 3.46. The average molecular weight is 261 g/mol. The van der Waals surface area contributed by atoms with E-state index in [9.17, 15) is 22.8 Å². The zero-order valence-electron chi connectivity index (χ0n) is 8.60. The summed E-state index contributed by atoms with van der Waals surface area (Å²) in [5, 5.41) is 1.66. The molecule has 94 valence electrons. The van der Waals surface area contributed by atoms with Gasteiger partial charge in [-0.3, -0.25) is 9.59 Å². The molecule has 4 nitrogen and oxygen atoms in total. The molecule has 0 radical (unpaired) electrons. The second-order valence-electron chi connectivity index (χ2n) is 3.08. The lowest BCUT2D eigenvalue weighted by atomic mass is 10.4. The Bertz CT molecular complexity index is 258. The van der Waals surface area contributed by atoms with Crippen LogP contribution in [-0.2, 0) is 9.59 Å². The standard InChI is InChI=1S/C8H12ClF3N2O2/c1-14(7(16)2-3-9)4-6(15)13-5-8(10,11)12/h2-5H2,1H3,(H,13,15). The Kier molecular flexibility index (Phi) is 6.17. The van der Waals surface area contributed by atoms with Gasteiger partial charge in [0.15, 0.2) is 0 Å². The van der Waals surface area contributed by atoms with E-state index in [0.29, 0.717) is 0 Å². The quantitative estimate of drug-likeness (QED) is 0.742. The van der Waals surface area contributed by atoms with Crippen LogP contribution in [0.3, 0.4) is 0 Å². The van der Waals surface area contributed by atoms with Crippen LogP contribution in [0.1, 0.15) is 6.42 Å². The maximum atomic E-state index is 11.7. The van der Waals surface area contributed by atoms with Crippen molar-refractivity contribution in [3.05, 3.63) is 0 Å². The molecule has 0 unspecified atom stereocenters. The Morgan fingerprint density at radius 3 is 2.38 bits per heavy atom. The smallest absolute Gasteiger partial charge is 0.345 e. The summed E-state index contributed by atoms with van der Waals surface area (Å²) in [7, 11) is 1.32. The number of amides is 2. The largest absolute Gasteiger partial charge is 0.405 e. The van der Waals surface area contributed by atoms with Crippen LogP contribution in [0.2, 0.25) is 0 Å². The summed E-state index contributed by atoms with van der Waals surface area (Å²) in [5.41, 5.74) is 0. The molecule has 0 aromatic carbocycles. The van der Waals surface area contributed by atoms with Crippen LogP contribution in [0.4, 0.5) is 13.2 Å². The first-order valence-corrected chi connectivity index (χ1v) is 4.93. The maximum absolute atomic E-state index is 11.7. The fourth-order valence-electron chi connectivity index (χ4n) is 0.830. The number of likely N-dealkylation sites (N-methyl/N-ethyl adjacent to an activating group) is 1. The number of hydrogen-bond donors (Lipinski definition) is 1. The van der Waals surface area contributed by atoms with Crippen molar-refractivity contribution in [1.29, 1.82) is 0 Å². The summed E-state index contributed by atoms with van der Waals surface area (Å²) in [6.07, 6.45) is -4.40. The molecule has 0 spiro atoms. The van der Waals surface area contributed by atoms with Crippen LogP contribution in [0.25, 0.3) is 0 Å². The van der Waals surface area contributed by atoms with Gasteiger partial charge in [-0.1, -0.05) is 0 Å². The van der Waals surface area contributed by atoms with Gasteiger partial charge in [0.1, 0.15) is 6.54 Å². The van der Waals surface area contributed by atoms with Crippen molar-refractivity contribution in [2.45, 2.75) is 12.6 Å². The predicted molar refractivity (Wildman–Crippen MR) is 52.0 cm³/mol. The number of halogens is 4. The summed E-state index contributed by atoms with van der Waals surface area (Å²) < 4.78 is 35.2. The molecule has 0 aromatic rings. The molecular weight excluding hydrogens is 249 g/mol. The molecule has 1 N–H and O–H groups in total. The molecule has 0 saturated carbocycles. The van der Waals surface area contributed by atoms with Crippen LogP contribution in [0.15, 0.2) is 0 Å². The van der Waals surface area contributed by atoms with Crippen molar-refractivity contribution in [1.82, 2.24) is 10.2 Å². The molecule has 0 atom stereocenters. The number of carbonyl (C=O) groups is 2. The molecule has 16 heavy (non-hydrogen) atoms. The molecule has 0 aliphatic carbocycles. The van der Waals surface area contributed by atoms with Crippen LogP contribution in [0, 0.1) is 0 Å². The van der Waals surface area contributed by atoms with Crippen molar-refractivity contribution in [3.8, 4) is 0 Å². The highest BCUT2D eigenvalue weighted by atomic mass is 35.5.